The number of rotatable bonds is 7. The van der Waals surface area contributed by atoms with Crippen molar-refractivity contribution in [1.29, 1.82) is 0 Å². The van der Waals surface area contributed by atoms with Crippen molar-refractivity contribution in [3.63, 3.8) is 0 Å². The number of allylic oxidation sites excluding steroid dienone is 3. The maximum atomic E-state index is 5.12. The van der Waals surface area contributed by atoms with E-state index in [0.29, 0.717) is 0 Å². The van der Waals surface area contributed by atoms with Crippen LogP contribution in [0.3, 0.4) is 0 Å². The van der Waals surface area contributed by atoms with Gasteiger partial charge in [0.15, 0.2) is 0 Å². The van der Waals surface area contributed by atoms with Gasteiger partial charge in [-0.1, -0.05) is 141 Å². The average Bonchev–Trinajstić information content (AvgIpc) is 3.03. The molecule has 6 aromatic rings. The van der Waals surface area contributed by atoms with Crippen molar-refractivity contribution in [3.8, 4) is 22.4 Å². The molecule has 0 bridgehead atoms. The van der Waals surface area contributed by atoms with Crippen molar-refractivity contribution in [1.82, 2.24) is 4.98 Å². The summed E-state index contributed by atoms with van der Waals surface area (Å²) in [7, 11) is 0. The molecule has 0 spiro atoms. The van der Waals surface area contributed by atoms with Gasteiger partial charge < -0.3 is 0 Å². The zero-order valence-corrected chi connectivity index (χ0v) is 22.2. The highest BCUT2D eigenvalue weighted by molar-refractivity contribution is 6.17. The van der Waals surface area contributed by atoms with Crippen molar-refractivity contribution in [2.75, 3.05) is 0 Å². The number of hydrogen-bond acceptors (Lipinski definition) is 2. The van der Waals surface area contributed by atoms with Gasteiger partial charge in [0.2, 0.25) is 0 Å². The second-order valence-corrected chi connectivity index (χ2v) is 9.62. The fourth-order valence-electron chi connectivity index (χ4n) is 5.02. The lowest BCUT2D eigenvalue weighted by Gasteiger charge is -2.14. The largest absolute Gasteiger partial charge is 0.257 e. The van der Waals surface area contributed by atoms with Crippen LogP contribution in [0.2, 0.25) is 0 Å². The molecule has 5 aromatic carbocycles. The molecule has 0 aliphatic rings. The van der Waals surface area contributed by atoms with E-state index in [4.69, 9.17) is 4.98 Å². The Morgan fingerprint density at radius 2 is 1.27 bits per heavy atom. The van der Waals surface area contributed by atoms with Gasteiger partial charge >= 0.3 is 0 Å². The van der Waals surface area contributed by atoms with Gasteiger partial charge in [0, 0.05) is 27.9 Å². The summed E-state index contributed by atoms with van der Waals surface area (Å²) in [5.41, 5.74) is 9.14. The number of aliphatic imine (C=N–C) groups is 1. The Labute approximate surface area is 235 Å². The summed E-state index contributed by atoms with van der Waals surface area (Å²) in [6.07, 6.45) is 5.62. The zero-order valence-electron chi connectivity index (χ0n) is 22.2. The summed E-state index contributed by atoms with van der Waals surface area (Å²) in [5, 5.41) is 3.52. The van der Waals surface area contributed by atoms with Gasteiger partial charge in [-0.05, 0) is 40.0 Å². The first-order valence-electron chi connectivity index (χ1n) is 13.3. The minimum Gasteiger partial charge on any atom is -0.257 e. The Bertz CT molecular complexity index is 1900. The van der Waals surface area contributed by atoms with Crippen LogP contribution in [0.5, 0.6) is 0 Å². The van der Waals surface area contributed by atoms with Crippen LogP contribution in [-0.4, -0.2) is 11.2 Å². The Balaban J connectivity index is 1.32. The lowest BCUT2D eigenvalue weighted by atomic mass is 9.92. The number of nitrogens with zero attached hydrogens (tertiary/aromatic N) is 2. The van der Waals surface area contributed by atoms with Crippen LogP contribution >= 0.6 is 0 Å². The lowest BCUT2D eigenvalue weighted by Crippen LogP contribution is -1.92. The van der Waals surface area contributed by atoms with E-state index in [0.717, 1.165) is 49.9 Å². The Kier molecular flexibility index (Phi) is 6.98. The minimum atomic E-state index is 0.728. The zero-order chi connectivity index (χ0) is 27.3. The molecule has 2 heteroatoms. The summed E-state index contributed by atoms with van der Waals surface area (Å²) in [6, 6.07) is 43.9. The van der Waals surface area contributed by atoms with Gasteiger partial charge in [-0.25, -0.2) is 4.98 Å². The van der Waals surface area contributed by atoms with Gasteiger partial charge in [0.25, 0.3) is 0 Å². The minimum absolute atomic E-state index is 0.728. The standard InChI is InChI=1S/C38H28N2/c1-27(13-12-26-39-28(2)30-14-5-3-6-15-30)29-22-24-32(25-23-29)38-35-20-11-19-33(31-16-7-4-8-17-31)37(35)34-18-9-10-21-36(34)40-38/h3-26H,1-2H2/b13-12-,39-26?. The second-order valence-electron chi connectivity index (χ2n) is 9.62. The normalized spacial score (nSPS) is 11.5. The molecule has 0 unspecified atom stereocenters. The number of pyridine rings is 1. The van der Waals surface area contributed by atoms with Crippen LogP contribution in [-0.2, 0) is 0 Å². The molecule has 1 aromatic heterocycles. The highest BCUT2D eigenvalue weighted by Gasteiger charge is 2.14. The van der Waals surface area contributed by atoms with Gasteiger partial charge in [0.1, 0.15) is 0 Å². The summed E-state index contributed by atoms with van der Waals surface area (Å²) in [6.45, 7) is 8.29. The van der Waals surface area contributed by atoms with E-state index in [1.807, 2.05) is 48.6 Å². The molecular weight excluding hydrogens is 484 g/mol. The van der Waals surface area contributed by atoms with E-state index in [9.17, 15) is 0 Å². The van der Waals surface area contributed by atoms with E-state index < -0.39 is 0 Å². The summed E-state index contributed by atoms with van der Waals surface area (Å²) >= 11 is 0. The van der Waals surface area contributed by atoms with Gasteiger partial charge in [-0.3, -0.25) is 4.99 Å². The second kappa shape index (κ2) is 11.2. The number of para-hydroxylation sites is 1. The highest BCUT2D eigenvalue weighted by atomic mass is 14.7. The Morgan fingerprint density at radius 1 is 0.600 bits per heavy atom. The van der Waals surface area contributed by atoms with Crippen molar-refractivity contribution in [2.24, 2.45) is 4.99 Å². The quantitative estimate of drug-likeness (QED) is 0.119. The predicted octanol–water partition coefficient (Wildman–Crippen LogP) is 10.0. The topological polar surface area (TPSA) is 25.2 Å². The molecule has 0 aliphatic carbocycles. The van der Waals surface area contributed by atoms with Crippen LogP contribution in [0.25, 0.3) is 55.3 Å². The van der Waals surface area contributed by atoms with Crippen LogP contribution in [0.15, 0.2) is 158 Å². The first-order valence-corrected chi connectivity index (χ1v) is 13.3. The smallest absolute Gasteiger partial charge is 0.0788 e. The fraction of sp³-hybridized carbons (Fsp3) is 0. The Morgan fingerprint density at radius 3 is 2.05 bits per heavy atom. The lowest BCUT2D eigenvalue weighted by molar-refractivity contribution is 1.42. The van der Waals surface area contributed by atoms with Crippen LogP contribution < -0.4 is 0 Å². The van der Waals surface area contributed by atoms with Gasteiger partial charge in [-0.15, -0.1) is 0 Å². The molecule has 190 valence electrons. The van der Waals surface area contributed by atoms with Crippen molar-refractivity contribution >= 4 is 39.2 Å². The van der Waals surface area contributed by atoms with Crippen molar-refractivity contribution < 1.29 is 0 Å². The predicted molar refractivity (Wildman–Crippen MR) is 172 cm³/mol. The maximum absolute atomic E-state index is 5.12. The van der Waals surface area contributed by atoms with Crippen molar-refractivity contribution in [3.05, 3.63) is 164 Å². The summed E-state index contributed by atoms with van der Waals surface area (Å²) in [4.78, 5) is 9.56. The molecule has 2 nitrogen and oxygen atoms in total. The van der Waals surface area contributed by atoms with Gasteiger partial charge in [0.05, 0.1) is 16.9 Å². The molecule has 6 rings (SSSR count). The molecule has 0 amide bonds. The number of hydrogen-bond donors (Lipinski definition) is 0. The molecule has 0 atom stereocenters. The molecular formula is C38H28N2. The van der Waals surface area contributed by atoms with E-state index in [1.54, 1.807) is 6.21 Å². The summed E-state index contributed by atoms with van der Waals surface area (Å²) < 4.78 is 0. The summed E-state index contributed by atoms with van der Waals surface area (Å²) in [5.74, 6) is 0. The molecule has 1 heterocycles. The molecule has 0 N–H and O–H groups in total. The SMILES string of the molecule is C=C(/C=C\C=NC(=C)c1ccccc1)c1ccc(-c2nc3ccccc3c3c(-c4ccccc4)cccc23)cc1. The first kappa shape index (κ1) is 25.0. The van der Waals surface area contributed by atoms with Gasteiger partial charge in [-0.2, -0.15) is 0 Å². The van der Waals surface area contributed by atoms with Crippen molar-refractivity contribution in [2.45, 2.75) is 0 Å². The molecule has 0 fully saturated rings. The third-order valence-electron chi connectivity index (χ3n) is 7.06. The van der Waals surface area contributed by atoms with E-state index >= 15 is 0 Å². The Hall–Kier alpha value is -5.34. The van der Waals surface area contributed by atoms with E-state index in [2.05, 4.69) is 109 Å². The highest BCUT2D eigenvalue weighted by Crippen LogP contribution is 2.38. The molecule has 0 saturated carbocycles. The first-order chi connectivity index (χ1) is 19.7. The number of fused-ring (bicyclic) bond motifs is 3. The molecule has 0 saturated heterocycles. The van der Waals surface area contributed by atoms with E-state index in [-0.39, 0.29) is 0 Å². The third kappa shape index (κ3) is 5.03. The maximum Gasteiger partial charge on any atom is 0.0788 e. The molecule has 40 heavy (non-hydrogen) atoms. The molecule has 0 aliphatic heterocycles. The number of aromatic nitrogens is 1. The molecule has 0 radical (unpaired) electrons. The average molecular weight is 513 g/mol. The fourth-order valence-corrected chi connectivity index (χ4v) is 5.02. The van der Waals surface area contributed by atoms with Crippen LogP contribution in [0, 0.1) is 0 Å². The van der Waals surface area contributed by atoms with E-state index in [1.165, 1.54) is 16.5 Å². The number of benzene rings is 5. The monoisotopic (exact) mass is 512 g/mol. The van der Waals surface area contributed by atoms with Crippen LogP contribution in [0.4, 0.5) is 0 Å². The third-order valence-corrected chi connectivity index (χ3v) is 7.06. The van der Waals surface area contributed by atoms with Crippen LogP contribution in [0.1, 0.15) is 11.1 Å².